The van der Waals surface area contributed by atoms with Gasteiger partial charge in [-0.1, -0.05) is 0 Å². The SMILES string of the molecule is CN(C)C(=O)CC1(O)CCCN(Cc2ncc(C3CC3)o2)C1. The molecule has 1 aliphatic heterocycles. The number of nitrogens with zero attached hydrogens (tertiary/aromatic N) is 3. The molecule has 22 heavy (non-hydrogen) atoms. The normalized spacial score (nSPS) is 26.1. The molecule has 2 heterocycles. The van der Waals surface area contributed by atoms with Crippen LogP contribution in [0.5, 0.6) is 0 Å². The lowest BCUT2D eigenvalue weighted by atomic mass is 9.89. The minimum absolute atomic E-state index is 0.0310. The summed E-state index contributed by atoms with van der Waals surface area (Å²) in [5.74, 6) is 2.24. The van der Waals surface area contributed by atoms with E-state index in [9.17, 15) is 9.90 Å². The van der Waals surface area contributed by atoms with Gasteiger partial charge in [0.05, 0.1) is 24.8 Å². The first-order valence-corrected chi connectivity index (χ1v) is 8.05. The monoisotopic (exact) mass is 307 g/mol. The number of oxazole rings is 1. The maximum atomic E-state index is 11.9. The topological polar surface area (TPSA) is 69.8 Å². The smallest absolute Gasteiger partial charge is 0.224 e. The van der Waals surface area contributed by atoms with Crippen LogP contribution in [-0.4, -0.2) is 58.6 Å². The van der Waals surface area contributed by atoms with E-state index >= 15 is 0 Å². The molecule has 1 aromatic rings. The van der Waals surface area contributed by atoms with Gasteiger partial charge in [-0.2, -0.15) is 0 Å². The zero-order valence-electron chi connectivity index (χ0n) is 13.4. The molecule has 1 unspecified atom stereocenters. The van der Waals surface area contributed by atoms with Crippen LogP contribution in [0.15, 0.2) is 10.6 Å². The Morgan fingerprint density at radius 1 is 1.55 bits per heavy atom. The largest absolute Gasteiger partial charge is 0.444 e. The molecular weight excluding hydrogens is 282 g/mol. The summed E-state index contributed by atoms with van der Waals surface area (Å²) in [6.45, 7) is 2.00. The van der Waals surface area contributed by atoms with Crippen LogP contribution in [0.1, 0.15) is 49.7 Å². The van der Waals surface area contributed by atoms with Crippen molar-refractivity contribution in [2.75, 3.05) is 27.2 Å². The Labute approximate surface area is 131 Å². The van der Waals surface area contributed by atoms with Crippen molar-refractivity contribution in [3.63, 3.8) is 0 Å². The predicted octanol–water partition coefficient (Wildman–Crippen LogP) is 1.36. The molecule has 2 fully saturated rings. The van der Waals surface area contributed by atoms with Crippen molar-refractivity contribution in [3.05, 3.63) is 17.8 Å². The zero-order chi connectivity index (χ0) is 15.7. The fraction of sp³-hybridized carbons (Fsp3) is 0.750. The van der Waals surface area contributed by atoms with E-state index in [0.29, 0.717) is 31.3 Å². The Balaban J connectivity index is 1.58. The average molecular weight is 307 g/mol. The second-order valence-corrected chi connectivity index (χ2v) is 6.93. The van der Waals surface area contributed by atoms with Gasteiger partial charge in [-0.15, -0.1) is 0 Å². The molecule has 6 heteroatoms. The van der Waals surface area contributed by atoms with E-state index in [1.54, 1.807) is 14.1 Å². The van der Waals surface area contributed by atoms with E-state index in [1.165, 1.54) is 17.7 Å². The van der Waals surface area contributed by atoms with Gasteiger partial charge in [0.2, 0.25) is 11.8 Å². The molecule has 1 saturated carbocycles. The Bertz CT molecular complexity index is 538. The first-order chi connectivity index (χ1) is 10.5. The number of β-amino-alcohol motifs (C(OH)–C–C–N with tert-alkyl or cyclic N) is 1. The molecule has 0 spiro atoms. The van der Waals surface area contributed by atoms with E-state index in [2.05, 4.69) is 9.88 Å². The second-order valence-electron chi connectivity index (χ2n) is 6.93. The van der Waals surface area contributed by atoms with E-state index in [-0.39, 0.29) is 12.3 Å². The number of aromatic nitrogens is 1. The number of carbonyl (C=O) groups is 1. The van der Waals surface area contributed by atoms with Crippen molar-refractivity contribution >= 4 is 5.91 Å². The summed E-state index contributed by atoms with van der Waals surface area (Å²) >= 11 is 0. The van der Waals surface area contributed by atoms with Gasteiger partial charge < -0.3 is 14.4 Å². The van der Waals surface area contributed by atoms with Gasteiger partial charge in [0, 0.05) is 26.6 Å². The number of carbonyl (C=O) groups excluding carboxylic acids is 1. The van der Waals surface area contributed by atoms with Crippen LogP contribution in [0.25, 0.3) is 0 Å². The summed E-state index contributed by atoms with van der Waals surface area (Å²) in [6, 6.07) is 0. The van der Waals surface area contributed by atoms with Gasteiger partial charge in [0.15, 0.2) is 0 Å². The number of amides is 1. The van der Waals surface area contributed by atoms with Gasteiger partial charge in [-0.3, -0.25) is 9.69 Å². The first kappa shape index (κ1) is 15.5. The van der Waals surface area contributed by atoms with Crippen molar-refractivity contribution < 1.29 is 14.3 Å². The fourth-order valence-corrected chi connectivity index (χ4v) is 3.07. The molecule has 3 rings (SSSR count). The zero-order valence-corrected chi connectivity index (χ0v) is 13.4. The molecular formula is C16H25N3O3. The van der Waals surface area contributed by atoms with E-state index < -0.39 is 5.60 Å². The maximum Gasteiger partial charge on any atom is 0.224 e. The number of aliphatic hydroxyl groups is 1. The summed E-state index contributed by atoms with van der Waals surface area (Å²) in [7, 11) is 3.44. The molecule has 1 aliphatic carbocycles. The summed E-state index contributed by atoms with van der Waals surface area (Å²) in [4.78, 5) is 19.9. The van der Waals surface area contributed by atoms with Crippen molar-refractivity contribution in [1.29, 1.82) is 0 Å². The lowest BCUT2D eigenvalue weighted by molar-refractivity contribution is -0.136. The Morgan fingerprint density at radius 2 is 2.32 bits per heavy atom. The fourth-order valence-electron chi connectivity index (χ4n) is 3.07. The third-order valence-corrected chi connectivity index (χ3v) is 4.52. The Kier molecular flexibility index (Phi) is 4.23. The highest BCUT2D eigenvalue weighted by atomic mass is 16.4. The van der Waals surface area contributed by atoms with E-state index in [0.717, 1.165) is 18.7 Å². The van der Waals surface area contributed by atoms with Gasteiger partial charge in [-0.25, -0.2) is 4.98 Å². The Morgan fingerprint density at radius 3 is 3.00 bits per heavy atom. The second kappa shape index (κ2) is 6.01. The minimum Gasteiger partial charge on any atom is -0.444 e. The average Bonchev–Trinajstić information content (AvgIpc) is 3.19. The number of piperidine rings is 1. The maximum absolute atomic E-state index is 11.9. The lowest BCUT2D eigenvalue weighted by Crippen LogP contribution is -2.50. The molecule has 122 valence electrons. The number of rotatable bonds is 5. The standard InChI is InChI=1S/C16H25N3O3/c1-18(2)15(20)8-16(21)6-3-7-19(11-16)10-14-17-9-13(22-14)12-4-5-12/h9,12,21H,3-8,10-11H2,1-2H3. The molecule has 1 N–H and O–H groups in total. The molecule has 6 nitrogen and oxygen atoms in total. The van der Waals surface area contributed by atoms with Crippen molar-refractivity contribution in [3.8, 4) is 0 Å². The van der Waals surface area contributed by atoms with Crippen LogP contribution in [0.3, 0.4) is 0 Å². The van der Waals surface area contributed by atoms with Gasteiger partial charge in [0.25, 0.3) is 0 Å². The van der Waals surface area contributed by atoms with Crippen molar-refractivity contribution in [2.45, 2.75) is 50.2 Å². The summed E-state index contributed by atoms with van der Waals surface area (Å²) in [6.07, 6.45) is 5.96. The summed E-state index contributed by atoms with van der Waals surface area (Å²) < 4.78 is 5.79. The van der Waals surface area contributed by atoms with Crippen molar-refractivity contribution in [1.82, 2.24) is 14.8 Å². The van der Waals surface area contributed by atoms with Crippen LogP contribution in [0, 0.1) is 0 Å². The highest BCUT2D eigenvalue weighted by Crippen LogP contribution is 2.40. The molecule has 0 aromatic carbocycles. The van der Waals surface area contributed by atoms with Crippen LogP contribution >= 0.6 is 0 Å². The Hall–Kier alpha value is -1.40. The minimum atomic E-state index is -0.939. The van der Waals surface area contributed by atoms with Crippen LogP contribution in [-0.2, 0) is 11.3 Å². The molecule has 0 bridgehead atoms. The van der Waals surface area contributed by atoms with E-state index in [4.69, 9.17) is 4.42 Å². The van der Waals surface area contributed by atoms with Crippen LogP contribution in [0.4, 0.5) is 0 Å². The summed E-state index contributed by atoms with van der Waals surface area (Å²) in [5, 5.41) is 10.7. The van der Waals surface area contributed by atoms with Crippen LogP contribution in [0.2, 0.25) is 0 Å². The van der Waals surface area contributed by atoms with E-state index in [1.807, 2.05) is 6.20 Å². The lowest BCUT2D eigenvalue weighted by Gasteiger charge is -2.38. The third-order valence-electron chi connectivity index (χ3n) is 4.52. The predicted molar refractivity (Wildman–Crippen MR) is 81.2 cm³/mol. The molecule has 1 amide bonds. The van der Waals surface area contributed by atoms with Crippen molar-refractivity contribution in [2.24, 2.45) is 0 Å². The molecule has 1 aromatic heterocycles. The molecule has 1 saturated heterocycles. The highest BCUT2D eigenvalue weighted by Gasteiger charge is 2.36. The highest BCUT2D eigenvalue weighted by molar-refractivity contribution is 5.76. The van der Waals surface area contributed by atoms with Gasteiger partial charge in [0.1, 0.15) is 5.76 Å². The number of likely N-dealkylation sites (tertiary alicyclic amines) is 1. The number of hydrogen-bond donors (Lipinski definition) is 1. The summed E-state index contributed by atoms with van der Waals surface area (Å²) in [5.41, 5.74) is -0.939. The molecule has 1 atom stereocenters. The van der Waals surface area contributed by atoms with Gasteiger partial charge >= 0.3 is 0 Å². The molecule has 0 radical (unpaired) electrons. The number of hydrogen-bond acceptors (Lipinski definition) is 5. The van der Waals surface area contributed by atoms with Gasteiger partial charge in [-0.05, 0) is 32.2 Å². The third kappa shape index (κ3) is 3.67. The van der Waals surface area contributed by atoms with Crippen LogP contribution < -0.4 is 0 Å². The molecule has 2 aliphatic rings. The first-order valence-electron chi connectivity index (χ1n) is 8.05. The quantitative estimate of drug-likeness (QED) is 0.889.